The Bertz CT molecular complexity index is 573. The van der Waals surface area contributed by atoms with Gasteiger partial charge in [0.15, 0.2) is 6.61 Å². The lowest BCUT2D eigenvalue weighted by molar-refractivity contribution is -0.124. The number of ether oxygens (including phenoxy) is 1. The number of amides is 1. The molecule has 1 amide bonds. The van der Waals surface area contributed by atoms with E-state index in [0.717, 1.165) is 5.56 Å². The van der Waals surface area contributed by atoms with Gasteiger partial charge >= 0.3 is 0 Å². The minimum absolute atomic E-state index is 0.0522. The van der Waals surface area contributed by atoms with Crippen LogP contribution in [0.1, 0.15) is 18.2 Å². The quantitative estimate of drug-likeness (QED) is 0.853. The predicted molar refractivity (Wildman–Crippen MR) is 78.0 cm³/mol. The van der Waals surface area contributed by atoms with Gasteiger partial charge in [0.1, 0.15) is 17.1 Å². The summed E-state index contributed by atoms with van der Waals surface area (Å²) in [6, 6.07) is 10.8. The van der Waals surface area contributed by atoms with E-state index in [9.17, 15) is 9.90 Å². The standard InChI is InChI=1S/C16H19NO4/c1-12-5-7-13(8-6-12)21-10-15(18)17-11-16(2,19)14-4-3-9-20-14/h3-9,19H,10-11H2,1-2H3,(H,17,18). The number of nitrogens with one attached hydrogen (secondary N) is 1. The van der Waals surface area contributed by atoms with Gasteiger partial charge in [-0.15, -0.1) is 0 Å². The molecule has 0 saturated carbocycles. The maximum atomic E-state index is 11.7. The normalized spacial score (nSPS) is 13.5. The SMILES string of the molecule is Cc1ccc(OCC(=O)NCC(C)(O)c2ccco2)cc1. The van der Waals surface area contributed by atoms with Crippen molar-refractivity contribution in [1.29, 1.82) is 0 Å². The van der Waals surface area contributed by atoms with Crippen LogP contribution in [0.3, 0.4) is 0 Å². The second kappa shape index (κ2) is 6.45. The van der Waals surface area contributed by atoms with E-state index in [1.165, 1.54) is 6.26 Å². The molecule has 0 fully saturated rings. The number of hydrogen-bond acceptors (Lipinski definition) is 4. The zero-order valence-electron chi connectivity index (χ0n) is 12.1. The molecule has 0 bridgehead atoms. The van der Waals surface area contributed by atoms with Crippen LogP contribution in [-0.4, -0.2) is 24.2 Å². The Hall–Kier alpha value is -2.27. The van der Waals surface area contributed by atoms with Gasteiger partial charge in [0.25, 0.3) is 5.91 Å². The topological polar surface area (TPSA) is 71.7 Å². The first kappa shape index (κ1) is 15.1. The van der Waals surface area contributed by atoms with Crippen molar-refractivity contribution in [2.45, 2.75) is 19.4 Å². The summed E-state index contributed by atoms with van der Waals surface area (Å²) in [4.78, 5) is 11.7. The highest BCUT2D eigenvalue weighted by Gasteiger charge is 2.26. The first-order valence-corrected chi connectivity index (χ1v) is 6.70. The third-order valence-corrected chi connectivity index (χ3v) is 3.07. The van der Waals surface area contributed by atoms with Crippen LogP contribution in [0.2, 0.25) is 0 Å². The second-order valence-corrected chi connectivity index (χ2v) is 5.13. The van der Waals surface area contributed by atoms with Crippen LogP contribution in [0.25, 0.3) is 0 Å². The van der Waals surface area contributed by atoms with E-state index in [-0.39, 0.29) is 19.1 Å². The molecule has 1 heterocycles. The van der Waals surface area contributed by atoms with E-state index in [1.807, 2.05) is 31.2 Å². The fourth-order valence-electron chi connectivity index (χ4n) is 1.78. The summed E-state index contributed by atoms with van der Waals surface area (Å²) < 4.78 is 10.5. The molecule has 0 saturated heterocycles. The Kier molecular flexibility index (Phi) is 4.65. The lowest BCUT2D eigenvalue weighted by Gasteiger charge is -2.21. The van der Waals surface area contributed by atoms with Gasteiger partial charge in [-0.25, -0.2) is 0 Å². The van der Waals surface area contributed by atoms with Crippen LogP contribution in [0, 0.1) is 6.92 Å². The third-order valence-electron chi connectivity index (χ3n) is 3.07. The van der Waals surface area contributed by atoms with Gasteiger partial charge in [-0.3, -0.25) is 4.79 Å². The van der Waals surface area contributed by atoms with Gasteiger partial charge in [0, 0.05) is 0 Å². The highest BCUT2D eigenvalue weighted by molar-refractivity contribution is 5.77. The fraction of sp³-hybridized carbons (Fsp3) is 0.312. The summed E-state index contributed by atoms with van der Waals surface area (Å²) in [5.74, 6) is 0.734. The molecular weight excluding hydrogens is 270 g/mol. The van der Waals surface area contributed by atoms with Crippen molar-refractivity contribution < 1.29 is 19.1 Å². The van der Waals surface area contributed by atoms with E-state index < -0.39 is 5.60 Å². The van der Waals surface area contributed by atoms with E-state index in [2.05, 4.69) is 5.32 Å². The largest absolute Gasteiger partial charge is 0.484 e. The fourth-order valence-corrected chi connectivity index (χ4v) is 1.78. The summed E-state index contributed by atoms with van der Waals surface area (Å²) >= 11 is 0. The molecule has 1 aromatic carbocycles. The second-order valence-electron chi connectivity index (χ2n) is 5.13. The monoisotopic (exact) mass is 289 g/mol. The van der Waals surface area contributed by atoms with E-state index in [0.29, 0.717) is 11.5 Å². The number of aliphatic hydroxyl groups is 1. The zero-order valence-corrected chi connectivity index (χ0v) is 12.1. The molecule has 1 aromatic heterocycles. The molecule has 0 aliphatic rings. The van der Waals surface area contributed by atoms with Crippen molar-refractivity contribution in [1.82, 2.24) is 5.32 Å². The van der Waals surface area contributed by atoms with Crippen molar-refractivity contribution in [3.8, 4) is 5.75 Å². The predicted octanol–water partition coefficient (Wildman–Crippen LogP) is 1.99. The maximum Gasteiger partial charge on any atom is 0.258 e. The van der Waals surface area contributed by atoms with Crippen molar-refractivity contribution in [3.63, 3.8) is 0 Å². The number of furan rings is 1. The Balaban J connectivity index is 1.78. The summed E-state index contributed by atoms with van der Waals surface area (Å²) in [5, 5.41) is 12.8. The highest BCUT2D eigenvalue weighted by Crippen LogP contribution is 2.19. The summed E-state index contributed by atoms with van der Waals surface area (Å²) in [6.07, 6.45) is 1.48. The van der Waals surface area contributed by atoms with E-state index in [1.54, 1.807) is 19.1 Å². The van der Waals surface area contributed by atoms with Crippen LogP contribution in [0.5, 0.6) is 5.75 Å². The number of rotatable bonds is 6. The number of carbonyl (C=O) groups is 1. The van der Waals surface area contributed by atoms with Crippen molar-refractivity contribution in [2.24, 2.45) is 0 Å². The van der Waals surface area contributed by atoms with Crippen LogP contribution in [0.15, 0.2) is 47.1 Å². The van der Waals surface area contributed by atoms with E-state index >= 15 is 0 Å². The molecule has 5 nitrogen and oxygen atoms in total. The molecule has 5 heteroatoms. The number of hydrogen-bond donors (Lipinski definition) is 2. The van der Waals surface area contributed by atoms with Gasteiger partial charge in [0.05, 0.1) is 12.8 Å². The molecule has 0 spiro atoms. The molecule has 112 valence electrons. The summed E-state index contributed by atoms with van der Waals surface area (Å²) in [5.41, 5.74) is -0.121. The molecular formula is C16H19NO4. The lowest BCUT2D eigenvalue weighted by atomic mass is 10.0. The Morgan fingerprint density at radius 1 is 1.33 bits per heavy atom. The molecule has 2 N–H and O–H groups in total. The number of benzene rings is 1. The minimum atomic E-state index is -1.25. The third kappa shape index (κ3) is 4.36. The summed E-state index contributed by atoms with van der Waals surface area (Å²) in [6.45, 7) is 3.51. The molecule has 0 radical (unpaired) electrons. The smallest absolute Gasteiger partial charge is 0.258 e. The average molecular weight is 289 g/mol. The van der Waals surface area contributed by atoms with Crippen molar-refractivity contribution in [2.75, 3.05) is 13.2 Å². The van der Waals surface area contributed by atoms with Crippen molar-refractivity contribution in [3.05, 3.63) is 54.0 Å². The van der Waals surface area contributed by atoms with Gasteiger partial charge in [-0.05, 0) is 38.1 Å². The zero-order chi connectivity index (χ0) is 15.3. The van der Waals surface area contributed by atoms with Crippen LogP contribution in [0.4, 0.5) is 0 Å². The average Bonchev–Trinajstić information content (AvgIpc) is 3.00. The van der Waals surface area contributed by atoms with Crippen LogP contribution >= 0.6 is 0 Å². The van der Waals surface area contributed by atoms with Gasteiger partial charge in [-0.1, -0.05) is 17.7 Å². The first-order chi connectivity index (χ1) is 9.97. The Labute approximate surface area is 123 Å². The highest BCUT2D eigenvalue weighted by atomic mass is 16.5. The molecule has 1 atom stereocenters. The Morgan fingerprint density at radius 3 is 2.67 bits per heavy atom. The molecule has 2 aromatic rings. The van der Waals surface area contributed by atoms with Gasteiger partial charge in [0.2, 0.25) is 0 Å². The minimum Gasteiger partial charge on any atom is -0.484 e. The Morgan fingerprint density at radius 2 is 2.05 bits per heavy atom. The first-order valence-electron chi connectivity index (χ1n) is 6.70. The molecule has 21 heavy (non-hydrogen) atoms. The van der Waals surface area contributed by atoms with Crippen molar-refractivity contribution >= 4 is 5.91 Å². The van der Waals surface area contributed by atoms with Crippen LogP contribution < -0.4 is 10.1 Å². The van der Waals surface area contributed by atoms with Gasteiger partial charge < -0.3 is 19.6 Å². The van der Waals surface area contributed by atoms with Crippen LogP contribution in [-0.2, 0) is 10.4 Å². The molecule has 2 rings (SSSR count). The van der Waals surface area contributed by atoms with Gasteiger partial charge in [-0.2, -0.15) is 0 Å². The number of carbonyl (C=O) groups excluding carboxylic acids is 1. The molecule has 0 aliphatic heterocycles. The number of aryl methyl sites for hydroxylation is 1. The lowest BCUT2D eigenvalue weighted by Crippen LogP contribution is -2.40. The molecule has 1 unspecified atom stereocenters. The maximum absolute atomic E-state index is 11.7. The van der Waals surface area contributed by atoms with E-state index in [4.69, 9.17) is 9.15 Å². The summed E-state index contributed by atoms with van der Waals surface area (Å²) in [7, 11) is 0. The molecule has 0 aliphatic carbocycles.